The van der Waals surface area contributed by atoms with E-state index in [-0.39, 0.29) is 12.5 Å². The van der Waals surface area contributed by atoms with Gasteiger partial charge in [-0.3, -0.25) is 19.7 Å². The highest BCUT2D eigenvalue weighted by Gasteiger charge is 2.08. The number of imidazole rings is 1. The van der Waals surface area contributed by atoms with Crippen molar-refractivity contribution < 1.29 is 4.79 Å². The van der Waals surface area contributed by atoms with Crippen molar-refractivity contribution >= 4 is 11.7 Å². The van der Waals surface area contributed by atoms with Gasteiger partial charge in [0.15, 0.2) is 0 Å². The number of hydrogen-bond donors (Lipinski definition) is 1. The number of nitrogens with zero attached hydrogens (tertiary/aromatic N) is 6. The molecule has 4 rings (SSSR count). The summed E-state index contributed by atoms with van der Waals surface area (Å²) >= 11 is 0. The number of carbonyl (C=O) groups is 1. The van der Waals surface area contributed by atoms with Gasteiger partial charge < -0.3 is 9.88 Å². The number of anilines is 1. The Morgan fingerprint density at radius 3 is 2.46 bits per heavy atom. The molecule has 4 heterocycles. The Morgan fingerprint density at radius 2 is 1.75 bits per heavy atom. The van der Waals surface area contributed by atoms with E-state index in [9.17, 15) is 4.79 Å². The van der Waals surface area contributed by atoms with Crippen molar-refractivity contribution in [2.45, 2.75) is 13.5 Å². The van der Waals surface area contributed by atoms with Gasteiger partial charge in [0, 0.05) is 47.8 Å². The summed E-state index contributed by atoms with van der Waals surface area (Å²) in [6.45, 7) is 2.07. The molecule has 0 aliphatic carbocycles. The maximum atomic E-state index is 12.3. The molecule has 0 aromatic carbocycles. The van der Waals surface area contributed by atoms with Crippen molar-refractivity contribution in [2.75, 3.05) is 5.32 Å². The Morgan fingerprint density at radius 1 is 0.929 bits per heavy atom. The highest BCUT2D eigenvalue weighted by atomic mass is 16.2. The van der Waals surface area contributed by atoms with Gasteiger partial charge in [0.05, 0.1) is 23.9 Å². The maximum Gasteiger partial charge on any atom is 0.245 e. The van der Waals surface area contributed by atoms with Crippen molar-refractivity contribution in [3.05, 3.63) is 73.5 Å². The van der Waals surface area contributed by atoms with Crippen molar-refractivity contribution in [1.29, 1.82) is 0 Å². The molecule has 0 spiro atoms. The number of nitrogens with one attached hydrogen (secondary N) is 1. The zero-order valence-corrected chi connectivity index (χ0v) is 15.1. The van der Waals surface area contributed by atoms with Gasteiger partial charge in [0.1, 0.15) is 12.4 Å². The molecule has 4 aromatic heterocycles. The number of amides is 1. The zero-order chi connectivity index (χ0) is 19.3. The first-order valence-corrected chi connectivity index (χ1v) is 8.64. The first-order chi connectivity index (χ1) is 13.7. The molecule has 0 aliphatic rings. The highest BCUT2D eigenvalue weighted by molar-refractivity contribution is 5.89. The molecule has 0 atom stereocenters. The largest absolute Gasteiger partial charge is 0.327 e. The standard InChI is InChI=1S/C20H17N7O/c1-14-2-3-16(8-23-14)18-11-27(13-25-18)12-20(28)26-19-5-4-15(9-24-19)17-10-21-6-7-22-17/h2-11,13H,12H2,1H3,(H,24,26,28). The van der Waals surface area contributed by atoms with Crippen LogP contribution in [0.3, 0.4) is 0 Å². The first-order valence-electron chi connectivity index (χ1n) is 8.64. The van der Waals surface area contributed by atoms with Gasteiger partial charge in [0.2, 0.25) is 5.91 Å². The molecule has 138 valence electrons. The third-order valence-corrected chi connectivity index (χ3v) is 4.06. The van der Waals surface area contributed by atoms with Crippen molar-refractivity contribution in [3.8, 4) is 22.5 Å². The number of rotatable bonds is 5. The molecule has 0 bridgehead atoms. The number of aromatic nitrogens is 6. The van der Waals surface area contributed by atoms with Crippen LogP contribution < -0.4 is 5.32 Å². The van der Waals surface area contributed by atoms with Gasteiger partial charge in [-0.2, -0.15) is 0 Å². The number of hydrogen-bond acceptors (Lipinski definition) is 6. The van der Waals surface area contributed by atoms with Crippen LogP contribution in [0.5, 0.6) is 0 Å². The average molecular weight is 371 g/mol. The molecular formula is C20H17N7O. The molecule has 0 radical (unpaired) electrons. The molecule has 0 aliphatic heterocycles. The van der Waals surface area contributed by atoms with Crippen LogP contribution in [0.25, 0.3) is 22.5 Å². The van der Waals surface area contributed by atoms with Crippen LogP contribution in [0.2, 0.25) is 0 Å². The van der Waals surface area contributed by atoms with E-state index in [4.69, 9.17) is 0 Å². The summed E-state index contributed by atoms with van der Waals surface area (Å²) < 4.78 is 1.72. The van der Waals surface area contributed by atoms with Gasteiger partial charge in [0.25, 0.3) is 0 Å². The molecule has 0 unspecified atom stereocenters. The lowest BCUT2D eigenvalue weighted by Gasteiger charge is -2.06. The number of carbonyl (C=O) groups excluding carboxylic acids is 1. The van der Waals surface area contributed by atoms with E-state index in [1.54, 1.807) is 47.9 Å². The Balaban J connectivity index is 1.39. The predicted octanol–water partition coefficient (Wildman–Crippen LogP) is 2.74. The van der Waals surface area contributed by atoms with Crippen LogP contribution in [0.15, 0.2) is 67.8 Å². The summed E-state index contributed by atoms with van der Waals surface area (Å²) in [5.74, 6) is 0.284. The van der Waals surface area contributed by atoms with E-state index < -0.39 is 0 Å². The molecule has 0 fully saturated rings. The summed E-state index contributed by atoms with van der Waals surface area (Å²) in [6.07, 6.45) is 11.8. The Labute approximate surface area is 161 Å². The lowest BCUT2D eigenvalue weighted by Crippen LogP contribution is -2.18. The Kier molecular flexibility index (Phi) is 4.83. The molecule has 8 nitrogen and oxygen atoms in total. The fraction of sp³-hybridized carbons (Fsp3) is 0.100. The Bertz CT molecular complexity index is 1070. The highest BCUT2D eigenvalue weighted by Crippen LogP contribution is 2.17. The van der Waals surface area contributed by atoms with Crippen LogP contribution in [0, 0.1) is 6.92 Å². The molecule has 28 heavy (non-hydrogen) atoms. The molecule has 4 aromatic rings. The second-order valence-electron chi connectivity index (χ2n) is 6.19. The topological polar surface area (TPSA) is 98.5 Å². The second-order valence-corrected chi connectivity index (χ2v) is 6.19. The molecule has 8 heteroatoms. The van der Waals surface area contributed by atoms with E-state index in [0.29, 0.717) is 5.82 Å². The van der Waals surface area contributed by atoms with E-state index in [2.05, 4.69) is 30.2 Å². The molecule has 1 N–H and O–H groups in total. The quantitative estimate of drug-likeness (QED) is 0.579. The van der Waals surface area contributed by atoms with Crippen LogP contribution >= 0.6 is 0 Å². The van der Waals surface area contributed by atoms with Gasteiger partial charge >= 0.3 is 0 Å². The second kappa shape index (κ2) is 7.75. The summed E-state index contributed by atoms with van der Waals surface area (Å²) in [6, 6.07) is 7.46. The maximum absolute atomic E-state index is 12.3. The van der Waals surface area contributed by atoms with E-state index >= 15 is 0 Å². The predicted molar refractivity (Wildman–Crippen MR) is 104 cm³/mol. The lowest BCUT2D eigenvalue weighted by atomic mass is 10.2. The fourth-order valence-electron chi connectivity index (χ4n) is 2.63. The average Bonchev–Trinajstić information content (AvgIpc) is 3.18. The van der Waals surface area contributed by atoms with Crippen LogP contribution in [-0.4, -0.2) is 35.4 Å². The van der Waals surface area contributed by atoms with Crippen molar-refractivity contribution in [3.63, 3.8) is 0 Å². The van der Waals surface area contributed by atoms with Gasteiger partial charge in [-0.05, 0) is 31.2 Å². The van der Waals surface area contributed by atoms with Gasteiger partial charge in [-0.15, -0.1) is 0 Å². The molecule has 0 saturated carbocycles. The first kappa shape index (κ1) is 17.5. The van der Waals surface area contributed by atoms with E-state index in [0.717, 1.165) is 28.2 Å². The van der Waals surface area contributed by atoms with E-state index in [1.165, 1.54) is 0 Å². The third kappa shape index (κ3) is 4.07. The summed E-state index contributed by atoms with van der Waals surface area (Å²) in [5, 5.41) is 2.78. The summed E-state index contributed by atoms with van der Waals surface area (Å²) in [4.78, 5) is 33.4. The lowest BCUT2D eigenvalue weighted by molar-refractivity contribution is -0.116. The SMILES string of the molecule is Cc1ccc(-c2cn(CC(=O)Nc3ccc(-c4cnccn4)cn3)cn2)cn1. The van der Waals surface area contributed by atoms with Crippen LogP contribution in [0.4, 0.5) is 5.82 Å². The van der Waals surface area contributed by atoms with Crippen LogP contribution in [-0.2, 0) is 11.3 Å². The Hall–Kier alpha value is -3.94. The minimum atomic E-state index is -0.189. The van der Waals surface area contributed by atoms with Crippen molar-refractivity contribution in [2.24, 2.45) is 0 Å². The molecule has 1 amide bonds. The molecular weight excluding hydrogens is 354 g/mol. The molecule has 0 saturated heterocycles. The summed E-state index contributed by atoms with van der Waals surface area (Å²) in [7, 11) is 0. The summed E-state index contributed by atoms with van der Waals surface area (Å²) in [5.41, 5.74) is 4.18. The monoisotopic (exact) mass is 371 g/mol. The number of aryl methyl sites for hydroxylation is 1. The smallest absolute Gasteiger partial charge is 0.245 e. The minimum Gasteiger partial charge on any atom is -0.327 e. The van der Waals surface area contributed by atoms with Gasteiger partial charge in [-0.25, -0.2) is 9.97 Å². The van der Waals surface area contributed by atoms with Crippen molar-refractivity contribution in [1.82, 2.24) is 29.5 Å². The fourth-order valence-corrected chi connectivity index (χ4v) is 2.63. The van der Waals surface area contributed by atoms with E-state index in [1.807, 2.05) is 31.3 Å². The third-order valence-electron chi connectivity index (χ3n) is 4.06. The zero-order valence-electron chi connectivity index (χ0n) is 15.1. The van der Waals surface area contributed by atoms with Gasteiger partial charge in [-0.1, -0.05) is 0 Å². The van der Waals surface area contributed by atoms with Crippen LogP contribution in [0.1, 0.15) is 5.69 Å². The normalized spacial score (nSPS) is 10.6. The minimum absolute atomic E-state index is 0.139. The number of pyridine rings is 2.